The van der Waals surface area contributed by atoms with E-state index in [9.17, 15) is 4.79 Å². The minimum atomic E-state index is -0.555. The zero-order valence-electron chi connectivity index (χ0n) is 13.3. The van der Waals surface area contributed by atoms with Crippen LogP contribution in [0.1, 0.15) is 12.7 Å². The average molecular weight is 316 g/mol. The summed E-state index contributed by atoms with van der Waals surface area (Å²) in [6.07, 6.45) is -0.593. The number of hydrogen-bond donors (Lipinski definition) is 0. The number of methoxy groups -OCH3 is 1. The molecule has 0 amide bonds. The van der Waals surface area contributed by atoms with Crippen molar-refractivity contribution in [2.45, 2.75) is 25.7 Å². The molecule has 2 aromatic rings. The Balaban J connectivity index is 1.67. The second-order valence-electron chi connectivity index (χ2n) is 5.70. The van der Waals surface area contributed by atoms with Gasteiger partial charge >= 0.3 is 5.97 Å². The van der Waals surface area contributed by atoms with Crippen molar-refractivity contribution >= 4 is 5.97 Å². The van der Waals surface area contributed by atoms with Crippen molar-refractivity contribution in [2.24, 2.45) is 0 Å². The maximum Gasteiger partial charge on any atom is 0.336 e. The van der Waals surface area contributed by atoms with Gasteiger partial charge in [-0.25, -0.2) is 4.79 Å². The number of carbonyl (C=O) groups is 1. The van der Waals surface area contributed by atoms with Crippen LogP contribution in [0.5, 0.6) is 0 Å². The largest absolute Gasteiger partial charge is 0.467 e. The molecule has 3 rings (SSSR count). The molecule has 1 fully saturated rings. The maximum absolute atomic E-state index is 11.7. The van der Waals surface area contributed by atoms with E-state index < -0.39 is 6.10 Å². The van der Waals surface area contributed by atoms with Gasteiger partial charge in [-0.3, -0.25) is 4.90 Å². The molecule has 1 aromatic carbocycles. The second kappa shape index (κ2) is 6.93. The molecule has 1 aliphatic heterocycles. The normalized spacial score (nSPS) is 22.0. The maximum atomic E-state index is 11.7. The molecule has 1 aliphatic rings. The van der Waals surface area contributed by atoms with Gasteiger partial charge in [-0.05, 0) is 6.92 Å². The van der Waals surface area contributed by atoms with Crippen molar-refractivity contribution in [3.8, 4) is 11.3 Å². The van der Waals surface area contributed by atoms with Crippen LogP contribution in [0.25, 0.3) is 11.3 Å². The highest BCUT2D eigenvalue weighted by Crippen LogP contribution is 2.21. The lowest BCUT2D eigenvalue weighted by Gasteiger charge is -2.34. The van der Waals surface area contributed by atoms with Crippen molar-refractivity contribution in [1.82, 2.24) is 10.1 Å². The number of morpholine rings is 1. The number of aromatic nitrogens is 1. The number of hydrogen-bond acceptors (Lipinski definition) is 6. The van der Waals surface area contributed by atoms with E-state index in [1.54, 1.807) is 0 Å². The van der Waals surface area contributed by atoms with E-state index in [4.69, 9.17) is 14.0 Å². The first kappa shape index (κ1) is 15.7. The van der Waals surface area contributed by atoms with E-state index in [0.29, 0.717) is 13.1 Å². The summed E-state index contributed by atoms with van der Waals surface area (Å²) in [5.74, 6) is 0.422. The molecule has 1 saturated heterocycles. The Labute approximate surface area is 135 Å². The standard InChI is InChI=1S/C17H20N2O4/c1-12-9-19(11-16(22-12)17(20)21-2)10-14-8-15(18-23-14)13-6-4-3-5-7-13/h3-8,12,16H,9-11H2,1-2H3/t12-,16+/m1/s1. The van der Waals surface area contributed by atoms with E-state index in [0.717, 1.165) is 23.6 Å². The molecular weight excluding hydrogens is 296 g/mol. The highest BCUT2D eigenvalue weighted by molar-refractivity contribution is 5.75. The first-order valence-electron chi connectivity index (χ1n) is 7.62. The topological polar surface area (TPSA) is 64.8 Å². The molecule has 0 radical (unpaired) electrons. The van der Waals surface area contributed by atoms with Crippen LogP contribution in [0.15, 0.2) is 40.9 Å². The molecule has 0 aliphatic carbocycles. The van der Waals surface area contributed by atoms with E-state index in [-0.39, 0.29) is 12.1 Å². The predicted octanol–water partition coefficient (Wildman–Crippen LogP) is 2.10. The van der Waals surface area contributed by atoms with Gasteiger partial charge in [0.05, 0.1) is 19.8 Å². The van der Waals surface area contributed by atoms with E-state index in [1.807, 2.05) is 43.3 Å². The minimum Gasteiger partial charge on any atom is -0.467 e. The van der Waals surface area contributed by atoms with Gasteiger partial charge < -0.3 is 14.0 Å². The molecular formula is C17H20N2O4. The summed E-state index contributed by atoms with van der Waals surface area (Å²) in [6.45, 7) is 3.74. The molecule has 122 valence electrons. The van der Waals surface area contributed by atoms with Gasteiger partial charge in [-0.15, -0.1) is 0 Å². The first-order chi connectivity index (χ1) is 11.2. The molecule has 0 spiro atoms. The Kier molecular flexibility index (Phi) is 4.73. The lowest BCUT2D eigenvalue weighted by atomic mass is 10.1. The Bertz CT molecular complexity index is 656. The Morgan fingerprint density at radius 2 is 2.13 bits per heavy atom. The van der Waals surface area contributed by atoms with Gasteiger partial charge in [0.25, 0.3) is 0 Å². The van der Waals surface area contributed by atoms with Crippen molar-refractivity contribution in [3.63, 3.8) is 0 Å². The van der Waals surface area contributed by atoms with Crippen LogP contribution >= 0.6 is 0 Å². The van der Waals surface area contributed by atoms with Crippen molar-refractivity contribution in [3.05, 3.63) is 42.2 Å². The summed E-state index contributed by atoms with van der Waals surface area (Å²) in [7, 11) is 1.37. The number of rotatable bonds is 4. The fraction of sp³-hybridized carbons (Fsp3) is 0.412. The van der Waals surface area contributed by atoms with Gasteiger partial charge in [-0.1, -0.05) is 35.5 Å². The lowest BCUT2D eigenvalue weighted by molar-refractivity contribution is -0.166. The van der Waals surface area contributed by atoms with E-state index >= 15 is 0 Å². The highest BCUT2D eigenvalue weighted by Gasteiger charge is 2.31. The Morgan fingerprint density at radius 3 is 2.87 bits per heavy atom. The molecule has 0 unspecified atom stereocenters. The van der Waals surface area contributed by atoms with Crippen LogP contribution in [0, 0.1) is 0 Å². The highest BCUT2D eigenvalue weighted by atomic mass is 16.6. The molecule has 2 atom stereocenters. The number of benzene rings is 1. The molecule has 0 bridgehead atoms. The van der Waals surface area contributed by atoms with Gasteiger partial charge in [0.15, 0.2) is 11.9 Å². The predicted molar refractivity (Wildman–Crippen MR) is 83.6 cm³/mol. The molecule has 23 heavy (non-hydrogen) atoms. The third-order valence-corrected chi connectivity index (χ3v) is 3.81. The molecule has 0 N–H and O–H groups in total. The van der Waals surface area contributed by atoms with Gasteiger partial charge in [-0.2, -0.15) is 0 Å². The van der Waals surface area contributed by atoms with Gasteiger partial charge in [0.2, 0.25) is 0 Å². The van der Waals surface area contributed by atoms with Crippen molar-refractivity contribution in [2.75, 3.05) is 20.2 Å². The van der Waals surface area contributed by atoms with Gasteiger partial charge in [0, 0.05) is 24.7 Å². The van der Waals surface area contributed by atoms with Crippen LogP contribution in [0.4, 0.5) is 0 Å². The van der Waals surface area contributed by atoms with Crippen molar-refractivity contribution in [1.29, 1.82) is 0 Å². The summed E-state index contributed by atoms with van der Waals surface area (Å²) >= 11 is 0. The number of carbonyl (C=O) groups excluding carboxylic acids is 1. The molecule has 0 saturated carbocycles. The van der Waals surface area contributed by atoms with Crippen LogP contribution in [-0.4, -0.2) is 48.4 Å². The summed E-state index contributed by atoms with van der Waals surface area (Å²) in [5, 5.41) is 4.12. The third kappa shape index (κ3) is 3.78. The van der Waals surface area contributed by atoms with Crippen LogP contribution in [0.3, 0.4) is 0 Å². The monoisotopic (exact) mass is 316 g/mol. The summed E-state index contributed by atoms with van der Waals surface area (Å²) in [4.78, 5) is 13.8. The SMILES string of the molecule is COC(=O)[C@@H]1CN(Cc2cc(-c3ccccc3)no2)C[C@@H](C)O1. The Morgan fingerprint density at radius 1 is 1.35 bits per heavy atom. The van der Waals surface area contributed by atoms with Crippen LogP contribution < -0.4 is 0 Å². The summed E-state index contributed by atoms with van der Waals surface area (Å²) in [6, 6.07) is 11.8. The minimum absolute atomic E-state index is 0.0376. The smallest absolute Gasteiger partial charge is 0.336 e. The summed E-state index contributed by atoms with van der Waals surface area (Å²) in [5.41, 5.74) is 1.83. The fourth-order valence-corrected chi connectivity index (χ4v) is 2.78. The number of nitrogens with zero attached hydrogens (tertiary/aromatic N) is 2. The zero-order valence-corrected chi connectivity index (χ0v) is 13.3. The molecule has 6 heteroatoms. The quantitative estimate of drug-likeness (QED) is 0.805. The van der Waals surface area contributed by atoms with E-state index in [1.165, 1.54) is 7.11 Å². The molecule has 6 nitrogen and oxygen atoms in total. The first-order valence-corrected chi connectivity index (χ1v) is 7.62. The Hall–Kier alpha value is -2.18. The summed E-state index contributed by atoms with van der Waals surface area (Å²) < 4.78 is 15.8. The van der Waals surface area contributed by atoms with Crippen LogP contribution in [-0.2, 0) is 20.8 Å². The van der Waals surface area contributed by atoms with E-state index in [2.05, 4.69) is 10.1 Å². The van der Waals surface area contributed by atoms with Crippen molar-refractivity contribution < 1.29 is 18.8 Å². The van der Waals surface area contributed by atoms with Gasteiger partial charge in [0.1, 0.15) is 5.69 Å². The fourth-order valence-electron chi connectivity index (χ4n) is 2.78. The molecule has 2 heterocycles. The lowest BCUT2D eigenvalue weighted by Crippen LogP contribution is -2.49. The average Bonchev–Trinajstić information content (AvgIpc) is 3.03. The number of ether oxygens (including phenoxy) is 2. The van der Waals surface area contributed by atoms with Crippen LogP contribution in [0.2, 0.25) is 0 Å². The number of esters is 1. The molecule has 1 aromatic heterocycles. The zero-order chi connectivity index (χ0) is 16.2. The second-order valence-corrected chi connectivity index (χ2v) is 5.70. The third-order valence-electron chi connectivity index (χ3n) is 3.81.